The Bertz CT molecular complexity index is 391. The standard InChI is InChI=1S/C12H17Cl2N3/c1-8(2)17(6-9-3-4-9)12-10(5-13)11(14)15-7-16-12/h7-9H,3-6H2,1-2H3. The topological polar surface area (TPSA) is 29.0 Å². The molecule has 5 heteroatoms. The summed E-state index contributed by atoms with van der Waals surface area (Å²) in [6.07, 6.45) is 4.15. The fourth-order valence-electron chi connectivity index (χ4n) is 1.87. The molecule has 0 amide bonds. The Labute approximate surface area is 112 Å². The van der Waals surface area contributed by atoms with Crippen LogP contribution in [0.15, 0.2) is 6.33 Å². The second-order valence-corrected chi connectivity index (χ2v) is 5.42. The number of nitrogens with zero attached hydrogens (tertiary/aromatic N) is 3. The number of aromatic nitrogens is 2. The number of rotatable bonds is 5. The first-order valence-electron chi connectivity index (χ1n) is 5.95. The molecule has 1 aliphatic rings. The van der Waals surface area contributed by atoms with Crippen LogP contribution in [0.25, 0.3) is 0 Å². The van der Waals surface area contributed by atoms with Crippen LogP contribution in [0.1, 0.15) is 32.3 Å². The summed E-state index contributed by atoms with van der Waals surface area (Å²) in [6.45, 7) is 5.36. The summed E-state index contributed by atoms with van der Waals surface area (Å²) in [5.74, 6) is 2.04. The summed E-state index contributed by atoms with van der Waals surface area (Å²) < 4.78 is 0. The molecule has 1 aromatic rings. The molecule has 94 valence electrons. The second kappa shape index (κ2) is 5.40. The molecule has 0 N–H and O–H groups in total. The summed E-state index contributed by atoms with van der Waals surface area (Å²) in [4.78, 5) is 10.6. The number of hydrogen-bond acceptors (Lipinski definition) is 3. The van der Waals surface area contributed by atoms with Crippen molar-refractivity contribution in [1.29, 1.82) is 0 Å². The molecule has 0 bridgehead atoms. The van der Waals surface area contributed by atoms with Crippen LogP contribution in [0, 0.1) is 5.92 Å². The van der Waals surface area contributed by atoms with E-state index in [0.717, 1.165) is 23.8 Å². The number of anilines is 1. The molecule has 2 rings (SSSR count). The van der Waals surface area contributed by atoms with Gasteiger partial charge in [-0.3, -0.25) is 0 Å². The van der Waals surface area contributed by atoms with Gasteiger partial charge in [0, 0.05) is 18.2 Å². The zero-order chi connectivity index (χ0) is 12.4. The van der Waals surface area contributed by atoms with Crippen LogP contribution < -0.4 is 4.90 Å². The van der Waals surface area contributed by atoms with E-state index >= 15 is 0 Å². The third kappa shape index (κ3) is 3.02. The Kier molecular flexibility index (Phi) is 4.10. The largest absolute Gasteiger partial charge is 0.354 e. The van der Waals surface area contributed by atoms with Gasteiger partial charge in [0.1, 0.15) is 17.3 Å². The van der Waals surface area contributed by atoms with Crippen LogP contribution in [0.5, 0.6) is 0 Å². The summed E-state index contributed by atoms with van der Waals surface area (Å²) in [5, 5.41) is 0.464. The molecule has 0 saturated heterocycles. The lowest BCUT2D eigenvalue weighted by molar-refractivity contribution is 0.633. The predicted octanol–water partition coefficient (Wildman–Crippen LogP) is 3.49. The maximum Gasteiger partial charge on any atom is 0.138 e. The van der Waals surface area contributed by atoms with E-state index in [1.807, 2.05) is 0 Å². The van der Waals surface area contributed by atoms with E-state index in [2.05, 4.69) is 28.7 Å². The zero-order valence-corrected chi connectivity index (χ0v) is 11.7. The normalized spacial score (nSPS) is 15.4. The molecule has 0 spiro atoms. The molecule has 1 aromatic heterocycles. The Morgan fingerprint density at radius 1 is 1.41 bits per heavy atom. The minimum Gasteiger partial charge on any atom is -0.354 e. The van der Waals surface area contributed by atoms with E-state index in [4.69, 9.17) is 23.2 Å². The van der Waals surface area contributed by atoms with E-state index in [9.17, 15) is 0 Å². The summed E-state index contributed by atoms with van der Waals surface area (Å²) in [6, 6.07) is 0.392. The molecular weight excluding hydrogens is 257 g/mol. The number of halogens is 2. The molecule has 0 unspecified atom stereocenters. The first-order chi connectivity index (χ1) is 8.13. The fourth-order valence-corrected chi connectivity index (χ4v) is 2.37. The van der Waals surface area contributed by atoms with E-state index in [1.165, 1.54) is 19.2 Å². The molecule has 17 heavy (non-hydrogen) atoms. The van der Waals surface area contributed by atoms with Gasteiger partial charge >= 0.3 is 0 Å². The first kappa shape index (κ1) is 12.9. The molecule has 0 radical (unpaired) electrons. The Morgan fingerprint density at radius 2 is 2.12 bits per heavy atom. The van der Waals surface area contributed by atoms with Crippen molar-refractivity contribution in [2.24, 2.45) is 5.92 Å². The quantitative estimate of drug-likeness (QED) is 0.608. The van der Waals surface area contributed by atoms with Gasteiger partial charge in [-0.15, -0.1) is 11.6 Å². The van der Waals surface area contributed by atoms with Crippen molar-refractivity contribution in [2.75, 3.05) is 11.4 Å². The van der Waals surface area contributed by atoms with Crippen molar-refractivity contribution < 1.29 is 0 Å². The highest BCUT2D eigenvalue weighted by molar-refractivity contribution is 6.31. The highest BCUT2D eigenvalue weighted by Gasteiger charge is 2.27. The lowest BCUT2D eigenvalue weighted by atomic mass is 10.2. The van der Waals surface area contributed by atoms with Gasteiger partial charge < -0.3 is 4.90 Å². The van der Waals surface area contributed by atoms with Crippen molar-refractivity contribution in [3.63, 3.8) is 0 Å². The molecule has 3 nitrogen and oxygen atoms in total. The lowest BCUT2D eigenvalue weighted by Gasteiger charge is -2.29. The minimum atomic E-state index is 0.350. The average molecular weight is 274 g/mol. The molecule has 1 heterocycles. The smallest absolute Gasteiger partial charge is 0.138 e. The van der Waals surface area contributed by atoms with Gasteiger partial charge in [-0.05, 0) is 32.6 Å². The van der Waals surface area contributed by atoms with Gasteiger partial charge in [0.2, 0.25) is 0 Å². The van der Waals surface area contributed by atoms with Gasteiger partial charge in [0.25, 0.3) is 0 Å². The Morgan fingerprint density at radius 3 is 2.65 bits per heavy atom. The third-order valence-corrected chi connectivity index (χ3v) is 3.64. The van der Waals surface area contributed by atoms with E-state index in [0.29, 0.717) is 17.1 Å². The predicted molar refractivity (Wildman–Crippen MR) is 71.8 cm³/mol. The fraction of sp³-hybridized carbons (Fsp3) is 0.667. The molecule has 0 aliphatic heterocycles. The average Bonchev–Trinajstić information content (AvgIpc) is 3.09. The van der Waals surface area contributed by atoms with Crippen LogP contribution in [0.2, 0.25) is 5.15 Å². The first-order valence-corrected chi connectivity index (χ1v) is 6.86. The SMILES string of the molecule is CC(C)N(CC1CC1)c1ncnc(Cl)c1CCl. The van der Waals surface area contributed by atoms with Gasteiger partial charge in [0.05, 0.1) is 5.88 Å². The third-order valence-electron chi connectivity index (χ3n) is 3.05. The van der Waals surface area contributed by atoms with E-state index < -0.39 is 0 Å². The highest BCUT2D eigenvalue weighted by atomic mass is 35.5. The lowest BCUT2D eigenvalue weighted by Crippen LogP contribution is -2.34. The molecule has 0 atom stereocenters. The van der Waals surface area contributed by atoms with Gasteiger partial charge in [0.15, 0.2) is 0 Å². The maximum absolute atomic E-state index is 6.07. The monoisotopic (exact) mass is 273 g/mol. The number of alkyl halides is 1. The number of hydrogen-bond donors (Lipinski definition) is 0. The van der Waals surface area contributed by atoms with Crippen molar-refractivity contribution in [2.45, 2.75) is 38.6 Å². The van der Waals surface area contributed by atoms with Gasteiger partial charge in [-0.25, -0.2) is 9.97 Å². The Hall–Kier alpha value is -0.540. The highest BCUT2D eigenvalue weighted by Crippen LogP contribution is 2.34. The molecule has 1 aliphatic carbocycles. The second-order valence-electron chi connectivity index (χ2n) is 4.79. The van der Waals surface area contributed by atoms with Crippen molar-refractivity contribution in [1.82, 2.24) is 9.97 Å². The maximum atomic E-state index is 6.07. The Balaban J connectivity index is 2.30. The molecule has 1 saturated carbocycles. The van der Waals surface area contributed by atoms with E-state index in [-0.39, 0.29) is 0 Å². The van der Waals surface area contributed by atoms with Crippen LogP contribution in [-0.4, -0.2) is 22.6 Å². The van der Waals surface area contributed by atoms with Crippen LogP contribution >= 0.6 is 23.2 Å². The zero-order valence-electron chi connectivity index (χ0n) is 10.2. The summed E-state index contributed by atoms with van der Waals surface area (Å²) in [5.41, 5.74) is 0.838. The minimum absolute atomic E-state index is 0.350. The van der Waals surface area contributed by atoms with Gasteiger partial charge in [-0.1, -0.05) is 11.6 Å². The molecule has 0 aromatic carbocycles. The summed E-state index contributed by atoms with van der Waals surface area (Å²) >= 11 is 12.0. The van der Waals surface area contributed by atoms with E-state index in [1.54, 1.807) is 0 Å². The van der Waals surface area contributed by atoms with Crippen LogP contribution in [0.3, 0.4) is 0 Å². The van der Waals surface area contributed by atoms with Crippen molar-refractivity contribution in [3.05, 3.63) is 17.0 Å². The van der Waals surface area contributed by atoms with Crippen molar-refractivity contribution in [3.8, 4) is 0 Å². The molecular formula is C12H17Cl2N3. The summed E-state index contributed by atoms with van der Waals surface area (Å²) in [7, 11) is 0. The van der Waals surface area contributed by atoms with Crippen molar-refractivity contribution >= 4 is 29.0 Å². The van der Waals surface area contributed by atoms with Gasteiger partial charge in [-0.2, -0.15) is 0 Å². The van der Waals surface area contributed by atoms with Crippen LogP contribution in [-0.2, 0) is 5.88 Å². The molecule has 1 fully saturated rings. The van der Waals surface area contributed by atoms with Crippen LogP contribution in [0.4, 0.5) is 5.82 Å².